The van der Waals surface area contributed by atoms with E-state index in [1.54, 1.807) is 24.3 Å². The average molecular weight is 203 g/mol. The van der Waals surface area contributed by atoms with Crippen molar-refractivity contribution >= 4 is 17.3 Å². The number of nitrogens with zero attached hydrogens (tertiary/aromatic N) is 1. The molecule has 0 saturated heterocycles. The number of aromatic nitrogens is 1. The molecule has 1 aromatic carbocycles. The van der Waals surface area contributed by atoms with Gasteiger partial charge in [0.25, 0.3) is 5.91 Å². The predicted molar refractivity (Wildman–Crippen MR) is 55.3 cm³/mol. The number of nitrogen functional groups attached to an aromatic ring is 1. The van der Waals surface area contributed by atoms with E-state index >= 15 is 0 Å². The van der Waals surface area contributed by atoms with Crippen molar-refractivity contribution in [2.24, 2.45) is 0 Å². The Morgan fingerprint density at radius 1 is 1.27 bits per heavy atom. The zero-order chi connectivity index (χ0) is 10.7. The van der Waals surface area contributed by atoms with Gasteiger partial charge in [0.05, 0.1) is 6.20 Å². The van der Waals surface area contributed by atoms with E-state index in [4.69, 9.17) is 10.3 Å². The van der Waals surface area contributed by atoms with Crippen LogP contribution in [0.4, 0.5) is 11.4 Å². The molecule has 1 aromatic heterocycles. The standard InChI is InChI=1S/C10H9N3O2/c11-7-1-3-8(4-2-7)13-10(14)9-5-6-12-15-9/h1-6H,11H2,(H,13,14). The molecule has 0 atom stereocenters. The van der Waals surface area contributed by atoms with Crippen molar-refractivity contribution in [2.45, 2.75) is 0 Å². The monoisotopic (exact) mass is 203 g/mol. The number of anilines is 2. The first-order chi connectivity index (χ1) is 7.25. The van der Waals surface area contributed by atoms with E-state index in [0.29, 0.717) is 11.4 Å². The zero-order valence-corrected chi connectivity index (χ0v) is 7.81. The zero-order valence-electron chi connectivity index (χ0n) is 7.81. The Morgan fingerprint density at radius 2 is 2.00 bits per heavy atom. The Kier molecular flexibility index (Phi) is 2.37. The molecule has 5 nitrogen and oxygen atoms in total. The summed E-state index contributed by atoms with van der Waals surface area (Å²) in [6, 6.07) is 8.33. The molecule has 76 valence electrons. The largest absolute Gasteiger partial charge is 0.399 e. The van der Waals surface area contributed by atoms with Crippen molar-refractivity contribution < 1.29 is 9.32 Å². The Morgan fingerprint density at radius 3 is 2.60 bits per heavy atom. The summed E-state index contributed by atoms with van der Waals surface area (Å²) >= 11 is 0. The van der Waals surface area contributed by atoms with Crippen LogP contribution in [0, 0.1) is 0 Å². The van der Waals surface area contributed by atoms with Crippen molar-refractivity contribution in [1.29, 1.82) is 0 Å². The molecule has 0 radical (unpaired) electrons. The third-order valence-electron chi connectivity index (χ3n) is 1.83. The maximum atomic E-state index is 11.5. The fraction of sp³-hybridized carbons (Fsp3) is 0. The molecule has 0 fully saturated rings. The highest BCUT2D eigenvalue weighted by molar-refractivity contribution is 6.02. The molecule has 3 N–H and O–H groups in total. The van der Waals surface area contributed by atoms with Gasteiger partial charge in [-0.25, -0.2) is 0 Å². The lowest BCUT2D eigenvalue weighted by atomic mass is 10.3. The van der Waals surface area contributed by atoms with E-state index in [-0.39, 0.29) is 11.7 Å². The minimum atomic E-state index is -0.336. The second-order valence-corrected chi connectivity index (χ2v) is 2.95. The van der Waals surface area contributed by atoms with Crippen LogP contribution in [0.15, 0.2) is 41.1 Å². The fourth-order valence-electron chi connectivity index (χ4n) is 1.09. The van der Waals surface area contributed by atoms with Crippen LogP contribution in [0.5, 0.6) is 0 Å². The summed E-state index contributed by atoms with van der Waals surface area (Å²) in [5, 5.41) is 6.09. The summed E-state index contributed by atoms with van der Waals surface area (Å²) in [5.74, 6) is -0.163. The summed E-state index contributed by atoms with van der Waals surface area (Å²) in [5.41, 5.74) is 6.81. The van der Waals surface area contributed by atoms with Gasteiger partial charge < -0.3 is 15.6 Å². The summed E-state index contributed by atoms with van der Waals surface area (Å²) in [6.07, 6.45) is 1.41. The number of carbonyl (C=O) groups excluding carboxylic acids is 1. The molecule has 0 aliphatic rings. The SMILES string of the molecule is Nc1ccc(NC(=O)c2ccno2)cc1. The van der Waals surface area contributed by atoms with Gasteiger partial charge in [-0.15, -0.1) is 0 Å². The number of hydrogen-bond acceptors (Lipinski definition) is 4. The quantitative estimate of drug-likeness (QED) is 0.725. The van der Waals surface area contributed by atoms with Crippen LogP contribution in [-0.2, 0) is 0 Å². The average Bonchev–Trinajstić information content (AvgIpc) is 2.74. The van der Waals surface area contributed by atoms with Crippen molar-refractivity contribution in [3.63, 3.8) is 0 Å². The minimum absolute atomic E-state index is 0.173. The molecule has 0 aliphatic heterocycles. The van der Waals surface area contributed by atoms with E-state index < -0.39 is 0 Å². The first kappa shape index (κ1) is 9.26. The second-order valence-electron chi connectivity index (χ2n) is 2.95. The lowest BCUT2D eigenvalue weighted by Crippen LogP contribution is -2.10. The topological polar surface area (TPSA) is 81.1 Å². The predicted octanol–water partition coefficient (Wildman–Crippen LogP) is 1.51. The van der Waals surface area contributed by atoms with Gasteiger partial charge >= 0.3 is 0 Å². The molecular formula is C10H9N3O2. The van der Waals surface area contributed by atoms with Gasteiger partial charge in [-0.1, -0.05) is 5.16 Å². The smallest absolute Gasteiger partial charge is 0.294 e. The summed E-state index contributed by atoms with van der Waals surface area (Å²) < 4.78 is 4.70. The molecule has 5 heteroatoms. The Bertz CT molecular complexity index is 448. The Balaban J connectivity index is 2.09. The molecule has 15 heavy (non-hydrogen) atoms. The summed E-state index contributed by atoms with van der Waals surface area (Å²) in [7, 11) is 0. The molecule has 0 aliphatic carbocycles. The van der Waals surface area contributed by atoms with Crippen LogP contribution in [0.3, 0.4) is 0 Å². The van der Waals surface area contributed by atoms with E-state index in [9.17, 15) is 4.79 Å². The highest BCUT2D eigenvalue weighted by Gasteiger charge is 2.09. The number of hydrogen-bond donors (Lipinski definition) is 2. The van der Waals surface area contributed by atoms with E-state index in [0.717, 1.165) is 0 Å². The molecular weight excluding hydrogens is 194 g/mol. The number of nitrogens with two attached hydrogens (primary N) is 1. The molecule has 1 amide bonds. The Hall–Kier alpha value is -2.30. The van der Waals surface area contributed by atoms with Crippen molar-refractivity contribution in [3.05, 3.63) is 42.3 Å². The first-order valence-corrected chi connectivity index (χ1v) is 4.33. The van der Waals surface area contributed by atoms with Crippen molar-refractivity contribution in [1.82, 2.24) is 5.16 Å². The van der Waals surface area contributed by atoms with Crippen molar-refractivity contribution in [3.8, 4) is 0 Å². The number of amides is 1. The highest BCUT2D eigenvalue weighted by atomic mass is 16.5. The lowest BCUT2D eigenvalue weighted by molar-refractivity contribution is 0.0988. The third-order valence-corrected chi connectivity index (χ3v) is 1.83. The molecule has 1 heterocycles. The van der Waals surface area contributed by atoms with Crippen LogP contribution < -0.4 is 11.1 Å². The van der Waals surface area contributed by atoms with Crippen LogP contribution in [-0.4, -0.2) is 11.1 Å². The molecule has 2 rings (SSSR count). The van der Waals surface area contributed by atoms with Crippen molar-refractivity contribution in [2.75, 3.05) is 11.1 Å². The Labute approximate surface area is 85.9 Å². The van der Waals surface area contributed by atoms with Gasteiger partial charge in [-0.2, -0.15) is 0 Å². The van der Waals surface area contributed by atoms with Gasteiger partial charge in [0.15, 0.2) is 0 Å². The minimum Gasteiger partial charge on any atom is -0.399 e. The van der Waals surface area contributed by atoms with Crippen LogP contribution in [0.1, 0.15) is 10.6 Å². The summed E-state index contributed by atoms with van der Waals surface area (Å²) in [4.78, 5) is 11.5. The van der Waals surface area contributed by atoms with Gasteiger partial charge in [0.1, 0.15) is 0 Å². The van der Waals surface area contributed by atoms with E-state index in [1.807, 2.05) is 0 Å². The molecule has 0 unspecified atom stereocenters. The molecule has 0 bridgehead atoms. The summed E-state index contributed by atoms with van der Waals surface area (Å²) in [6.45, 7) is 0. The van der Waals surface area contributed by atoms with Crippen LogP contribution in [0.2, 0.25) is 0 Å². The molecule has 0 saturated carbocycles. The molecule has 0 spiro atoms. The van der Waals surface area contributed by atoms with E-state index in [1.165, 1.54) is 12.3 Å². The number of benzene rings is 1. The first-order valence-electron chi connectivity index (χ1n) is 4.33. The van der Waals surface area contributed by atoms with Gasteiger partial charge in [0, 0.05) is 17.4 Å². The molecule has 2 aromatic rings. The van der Waals surface area contributed by atoms with Gasteiger partial charge in [-0.3, -0.25) is 4.79 Å². The number of nitrogens with one attached hydrogen (secondary N) is 1. The second kappa shape index (κ2) is 3.83. The normalized spacial score (nSPS) is 9.87. The highest BCUT2D eigenvalue weighted by Crippen LogP contribution is 2.11. The van der Waals surface area contributed by atoms with Gasteiger partial charge in [-0.05, 0) is 24.3 Å². The van der Waals surface area contributed by atoms with Gasteiger partial charge in [0.2, 0.25) is 5.76 Å². The maximum absolute atomic E-state index is 11.5. The number of rotatable bonds is 2. The van der Waals surface area contributed by atoms with Crippen LogP contribution in [0.25, 0.3) is 0 Å². The third kappa shape index (κ3) is 2.14. The lowest BCUT2D eigenvalue weighted by Gasteiger charge is -2.02. The van der Waals surface area contributed by atoms with E-state index in [2.05, 4.69) is 10.5 Å². The number of carbonyl (C=O) groups is 1. The van der Waals surface area contributed by atoms with Crippen LogP contribution >= 0.6 is 0 Å². The fourth-order valence-corrected chi connectivity index (χ4v) is 1.09. The maximum Gasteiger partial charge on any atom is 0.294 e.